The highest BCUT2D eigenvalue weighted by molar-refractivity contribution is 7.90. The van der Waals surface area contributed by atoms with Crippen LogP contribution in [0.1, 0.15) is 63.1 Å². The minimum absolute atomic E-state index is 0.131. The fraction of sp³-hybridized carbons (Fsp3) is 0.667. The molecular formula is C21H36N4O4S. The first-order chi connectivity index (χ1) is 13.9. The van der Waals surface area contributed by atoms with Gasteiger partial charge in [0.05, 0.1) is 17.1 Å². The van der Waals surface area contributed by atoms with Crippen molar-refractivity contribution in [2.24, 2.45) is 10.6 Å². The van der Waals surface area contributed by atoms with E-state index in [0.717, 1.165) is 62.0 Å². The highest BCUT2D eigenvalue weighted by Crippen LogP contribution is 2.45. The number of amides is 1. The van der Waals surface area contributed by atoms with E-state index < -0.39 is 15.6 Å². The van der Waals surface area contributed by atoms with Gasteiger partial charge in [0, 0.05) is 25.1 Å². The molecule has 170 valence electrons. The van der Waals surface area contributed by atoms with Gasteiger partial charge in [0.15, 0.2) is 0 Å². The normalized spacial score (nSPS) is 14.0. The second-order valence-corrected chi connectivity index (χ2v) is 10.3. The van der Waals surface area contributed by atoms with Crippen LogP contribution in [0.4, 0.5) is 17.1 Å². The van der Waals surface area contributed by atoms with Crippen LogP contribution in [0.3, 0.4) is 0 Å². The zero-order valence-corrected chi connectivity index (χ0v) is 19.6. The van der Waals surface area contributed by atoms with Gasteiger partial charge in [0.1, 0.15) is 0 Å². The van der Waals surface area contributed by atoms with Crippen LogP contribution in [0.5, 0.6) is 0 Å². The van der Waals surface area contributed by atoms with Crippen LogP contribution in [0.15, 0.2) is 0 Å². The number of carbonyl (C=O) groups is 1. The average molecular weight is 441 g/mol. The molecule has 0 spiro atoms. The van der Waals surface area contributed by atoms with E-state index in [1.54, 1.807) is 6.92 Å². The summed E-state index contributed by atoms with van der Waals surface area (Å²) in [5, 5.41) is 17.3. The number of nitrogens with one attached hydrogen (secondary N) is 2. The van der Waals surface area contributed by atoms with Crippen LogP contribution in [-0.4, -0.2) is 39.1 Å². The van der Waals surface area contributed by atoms with E-state index in [1.165, 1.54) is 0 Å². The molecule has 1 amide bonds. The van der Waals surface area contributed by atoms with Gasteiger partial charge in [-0.15, -0.1) is 0 Å². The summed E-state index contributed by atoms with van der Waals surface area (Å²) >= 11 is 0. The van der Waals surface area contributed by atoms with Gasteiger partial charge in [-0.05, 0) is 49.8 Å². The van der Waals surface area contributed by atoms with Gasteiger partial charge in [-0.3, -0.25) is 9.52 Å². The van der Waals surface area contributed by atoms with Crippen LogP contribution in [0, 0.1) is 19.3 Å². The highest BCUT2D eigenvalue weighted by atomic mass is 32.2. The number of nitrogens with zero attached hydrogens (tertiary/aromatic N) is 1. The molecule has 0 radical (unpaired) electrons. The molecule has 30 heavy (non-hydrogen) atoms. The van der Waals surface area contributed by atoms with E-state index in [1.807, 2.05) is 27.7 Å². The summed E-state index contributed by atoms with van der Waals surface area (Å²) in [6.45, 7) is 11.1. The topological polar surface area (TPSA) is 125 Å². The lowest BCUT2D eigenvalue weighted by Gasteiger charge is -2.28. The molecule has 1 aliphatic heterocycles. The largest absolute Gasteiger partial charge is 0.396 e. The third-order valence-corrected chi connectivity index (χ3v) is 6.04. The predicted molar refractivity (Wildman–Crippen MR) is 122 cm³/mol. The quantitative estimate of drug-likeness (QED) is 0.440. The van der Waals surface area contributed by atoms with E-state index in [4.69, 9.17) is 10.2 Å². The third kappa shape index (κ3) is 5.86. The maximum atomic E-state index is 12.8. The zero-order valence-electron chi connectivity index (χ0n) is 18.8. The monoisotopic (exact) mass is 440 g/mol. The number of unbranched alkanes of at least 4 members (excludes halogenated alkanes) is 3. The maximum Gasteiger partial charge on any atom is 0.296 e. The Kier molecular flexibility index (Phi) is 7.76. The molecule has 0 fully saturated rings. The molecule has 9 heteroatoms. The van der Waals surface area contributed by atoms with Crippen LogP contribution >= 0.6 is 0 Å². The number of carbonyl (C=O) groups excluding carboxylic acids is 1. The van der Waals surface area contributed by atoms with E-state index in [-0.39, 0.29) is 12.5 Å². The average Bonchev–Trinajstić information content (AvgIpc) is 3.04. The molecule has 1 aliphatic rings. The third-order valence-electron chi connectivity index (χ3n) is 5.55. The molecule has 2 rings (SSSR count). The van der Waals surface area contributed by atoms with E-state index in [0.29, 0.717) is 16.9 Å². The van der Waals surface area contributed by atoms with Crippen molar-refractivity contribution in [1.82, 2.24) is 0 Å². The highest BCUT2D eigenvalue weighted by Gasteiger charge is 2.31. The Morgan fingerprint density at radius 1 is 1.10 bits per heavy atom. The number of nitrogens with two attached hydrogens (primary N) is 1. The summed E-state index contributed by atoms with van der Waals surface area (Å²) in [4.78, 5) is 15.1. The second-order valence-electron chi connectivity index (χ2n) is 9.05. The number of benzene rings is 1. The molecule has 8 nitrogen and oxygen atoms in total. The number of fused-ring (bicyclic) bond motifs is 1. The van der Waals surface area contributed by atoms with Crippen molar-refractivity contribution in [3.8, 4) is 0 Å². The van der Waals surface area contributed by atoms with Gasteiger partial charge in [-0.25, -0.2) is 5.14 Å². The fourth-order valence-corrected chi connectivity index (χ4v) is 4.41. The molecule has 1 heterocycles. The number of rotatable bonds is 9. The lowest BCUT2D eigenvalue weighted by molar-refractivity contribution is -0.123. The Morgan fingerprint density at radius 3 is 2.30 bits per heavy atom. The smallest absolute Gasteiger partial charge is 0.296 e. The molecule has 5 N–H and O–H groups in total. The standard InChI is InChI=1S/C21H36N4O4S/c1-14-16-10-12-25(11-8-6-7-9-13-26)19(16)18(23-20(27)21(3,4)5)15(2)17(14)24-30(22,28)29/h24,26H,6-13H2,1-5H3,(H,23,27)(H2,22,28,29). The fourth-order valence-electron chi connectivity index (χ4n) is 3.82. The summed E-state index contributed by atoms with van der Waals surface area (Å²) < 4.78 is 25.9. The molecule has 0 aliphatic carbocycles. The van der Waals surface area contributed by atoms with Crippen molar-refractivity contribution < 1.29 is 18.3 Å². The van der Waals surface area contributed by atoms with Crippen LogP contribution in [0.2, 0.25) is 0 Å². The van der Waals surface area contributed by atoms with E-state index in [9.17, 15) is 13.2 Å². The van der Waals surface area contributed by atoms with Gasteiger partial charge in [-0.2, -0.15) is 8.42 Å². The molecule has 0 atom stereocenters. The molecule has 0 unspecified atom stereocenters. The Morgan fingerprint density at radius 2 is 1.73 bits per heavy atom. The minimum Gasteiger partial charge on any atom is -0.396 e. The number of anilines is 3. The van der Waals surface area contributed by atoms with Crippen molar-refractivity contribution >= 4 is 33.2 Å². The van der Waals surface area contributed by atoms with Gasteiger partial charge in [0.2, 0.25) is 5.91 Å². The molecule has 0 aromatic heterocycles. The van der Waals surface area contributed by atoms with Crippen molar-refractivity contribution in [2.45, 2.75) is 66.7 Å². The van der Waals surface area contributed by atoms with Crippen LogP contribution in [0.25, 0.3) is 0 Å². The van der Waals surface area contributed by atoms with Gasteiger partial charge < -0.3 is 15.3 Å². The first-order valence-electron chi connectivity index (χ1n) is 10.5. The van der Waals surface area contributed by atoms with Crippen molar-refractivity contribution in [2.75, 3.05) is 34.6 Å². The van der Waals surface area contributed by atoms with Gasteiger partial charge >= 0.3 is 0 Å². The Balaban J connectivity index is 2.47. The lowest BCUT2D eigenvalue weighted by atomic mass is 9.94. The van der Waals surface area contributed by atoms with Crippen molar-refractivity contribution in [3.05, 3.63) is 16.7 Å². The summed E-state index contributed by atoms with van der Waals surface area (Å²) in [7, 11) is -3.95. The first kappa shape index (κ1) is 24.4. The first-order valence-corrected chi connectivity index (χ1v) is 12.0. The predicted octanol–water partition coefficient (Wildman–Crippen LogP) is 2.82. The van der Waals surface area contributed by atoms with Crippen LogP contribution in [-0.2, 0) is 21.4 Å². The number of hydrogen-bond acceptors (Lipinski definition) is 5. The van der Waals surface area contributed by atoms with Crippen molar-refractivity contribution in [1.29, 1.82) is 0 Å². The molecule has 0 bridgehead atoms. The summed E-state index contributed by atoms with van der Waals surface area (Å²) in [5.74, 6) is -0.131. The number of aliphatic hydroxyl groups is 1. The molecule has 1 aromatic rings. The second kappa shape index (κ2) is 9.53. The number of hydrogen-bond donors (Lipinski definition) is 4. The Bertz CT molecular complexity index is 891. The SMILES string of the molecule is Cc1c2c(c(NC(=O)C(C)(C)C)c(C)c1NS(N)(=O)=O)N(CCCCCCO)CC2. The zero-order chi connectivity index (χ0) is 22.7. The van der Waals surface area contributed by atoms with E-state index >= 15 is 0 Å². The molecule has 1 aromatic carbocycles. The minimum atomic E-state index is -3.95. The Hall–Kier alpha value is -1.84. The van der Waals surface area contributed by atoms with E-state index in [2.05, 4.69) is 14.9 Å². The molecular weight excluding hydrogens is 404 g/mol. The van der Waals surface area contributed by atoms with Gasteiger partial charge in [0.25, 0.3) is 10.2 Å². The lowest BCUT2D eigenvalue weighted by Crippen LogP contribution is -2.30. The summed E-state index contributed by atoms with van der Waals surface area (Å²) in [6.07, 6.45) is 4.58. The summed E-state index contributed by atoms with van der Waals surface area (Å²) in [5.41, 5.74) is 4.00. The molecule has 0 saturated carbocycles. The molecule has 0 saturated heterocycles. The van der Waals surface area contributed by atoms with Gasteiger partial charge in [-0.1, -0.05) is 33.6 Å². The van der Waals surface area contributed by atoms with Crippen molar-refractivity contribution in [3.63, 3.8) is 0 Å². The summed E-state index contributed by atoms with van der Waals surface area (Å²) in [6, 6.07) is 0. The maximum absolute atomic E-state index is 12.8. The number of aliphatic hydroxyl groups excluding tert-OH is 1. The Labute approximate surface area is 180 Å². The van der Waals surface area contributed by atoms with Crippen LogP contribution < -0.4 is 20.1 Å².